The smallest absolute Gasteiger partial charge is 0.247 e. The third-order valence-corrected chi connectivity index (χ3v) is 0.214. The van der Waals surface area contributed by atoms with Gasteiger partial charge in [0.15, 0.2) is 0 Å². The first kappa shape index (κ1) is 4.08. The van der Waals surface area contributed by atoms with Gasteiger partial charge in [-0.2, -0.15) is 0 Å². The molecule has 0 aromatic carbocycles. The summed E-state index contributed by atoms with van der Waals surface area (Å²) in [7, 11) is -1.74. The number of halogens is 2. The van der Waals surface area contributed by atoms with Crippen LogP contribution in [0.1, 0.15) is 0 Å². The third kappa shape index (κ3) is 2.08. The van der Waals surface area contributed by atoms with Crippen molar-refractivity contribution in [1.82, 2.24) is 0 Å². The molecule has 0 aliphatic heterocycles. The molecule has 0 heterocycles. The lowest BCUT2D eigenvalue weighted by Crippen LogP contribution is -1.76. The maximum atomic E-state index is 10.5. The zero-order valence-corrected chi connectivity index (χ0v) is 3.58. The zero-order valence-electron chi connectivity index (χ0n) is 2.17. The van der Waals surface area contributed by atoms with E-state index in [0.29, 0.717) is 0 Å². The van der Waals surface area contributed by atoms with E-state index < -0.39 is 16.2 Å². The fourth-order valence-corrected chi connectivity index (χ4v) is 0. The number of rotatable bonds is 1. The third-order valence-electron chi connectivity index (χ3n) is 0.0714. The van der Waals surface area contributed by atoms with E-state index in [-0.39, 0.29) is 0 Å². The fraction of sp³-hybridized carbons (Fsp3) is 1.00. The predicted molar refractivity (Wildman–Crippen MR) is 15.6 cm³/mol. The topological polar surface area (TPSA) is 0 Å². The predicted octanol–water partition coefficient (Wildman–Crippen LogP) is -0.0333. The van der Waals surface area contributed by atoms with Gasteiger partial charge in [0.1, 0.15) is 6.30 Å². The second-order valence-electron chi connectivity index (χ2n) is 0.378. The summed E-state index contributed by atoms with van der Waals surface area (Å²) in [6.07, 6.45) is -0.708. The van der Waals surface area contributed by atoms with Crippen molar-refractivity contribution in [3.8, 4) is 0 Å². The highest BCUT2D eigenvalue weighted by molar-refractivity contribution is 6.25. The molecule has 0 atom stereocenters. The van der Waals surface area contributed by atoms with Crippen LogP contribution in [0.3, 0.4) is 0 Å². The van der Waals surface area contributed by atoms with Gasteiger partial charge in [0, 0.05) is 0 Å². The van der Waals surface area contributed by atoms with Crippen LogP contribution >= 0.6 is 0 Å². The minimum Gasteiger partial charge on any atom is -0.320 e. The normalized spacial score (nSPS) is 10.5. The van der Waals surface area contributed by atoms with Crippen molar-refractivity contribution in [1.29, 1.82) is 0 Å². The Morgan fingerprint density at radius 2 is 2.00 bits per heavy atom. The summed E-state index contributed by atoms with van der Waals surface area (Å²) in [6, 6.07) is 0. The van der Waals surface area contributed by atoms with E-state index in [1.165, 1.54) is 0 Å². The second-order valence-corrected chi connectivity index (χ2v) is 1.13. The van der Waals surface area contributed by atoms with Crippen LogP contribution in [-0.2, 0) is 0 Å². The summed E-state index contributed by atoms with van der Waals surface area (Å²) in [5.74, 6) is 0. The maximum absolute atomic E-state index is 10.5. The highest BCUT2D eigenvalue weighted by Gasteiger charge is 1.69. The number of hydrogen-bond donors (Lipinski definition) is 0. The average molecular weight is 82.1 g/mol. The number of hydrogen-bond acceptors (Lipinski definition) is 0. The Morgan fingerprint density at radius 1 is 1.75 bits per heavy atom. The lowest BCUT2D eigenvalue weighted by Gasteiger charge is -1.59. The fourth-order valence-electron chi connectivity index (χ4n) is 0. The van der Waals surface area contributed by atoms with Crippen LogP contribution in [0.4, 0.5) is 8.50 Å². The van der Waals surface area contributed by atoms with Gasteiger partial charge in [-0.15, -0.1) is 0 Å². The summed E-state index contributed by atoms with van der Waals surface area (Å²) in [5, 5.41) is 0. The van der Waals surface area contributed by atoms with Crippen LogP contribution in [0.2, 0.25) is 0 Å². The van der Waals surface area contributed by atoms with Crippen molar-refractivity contribution < 1.29 is 8.50 Å². The minimum atomic E-state index is -1.74. The molecule has 0 aromatic rings. The Labute approximate surface area is 25.8 Å². The van der Waals surface area contributed by atoms with Gasteiger partial charge in [-0.05, 0) is 0 Å². The quantitative estimate of drug-likeness (QED) is 0.308. The Bertz CT molecular complexity index is 8.00. The molecular weight excluding hydrogens is 78.1 g/mol. The Morgan fingerprint density at radius 3 is 2.00 bits per heavy atom. The van der Waals surface area contributed by atoms with Crippen molar-refractivity contribution in [3.05, 3.63) is 0 Å². The summed E-state index contributed by atoms with van der Waals surface area (Å²) in [4.78, 5) is 0. The number of alkyl halides is 1. The first-order chi connectivity index (χ1) is 1.91. The van der Waals surface area contributed by atoms with Crippen molar-refractivity contribution in [3.63, 3.8) is 0 Å². The van der Waals surface area contributed by atoms with Gasteiger partial charge in [-0.1, -0.05) is 0 Å². The molecule has 0 nitrogen and oxygen atoms in total. The molecule has 0 bridgehead atoms. The van der Waals surface area contributed by atoms with Crippen molar-refractivity contribution in [2.75, 3.05) is 6.30 Å². The summed E-state index contributed by atoms with van der Waals surface area (Å²) >= 11 is 0. The van der Waals surface area contributed by atoms with Gasteiger partial charge in [0.2, 0.25) is 9.85 Å². The second kappa shape index (κ2) is 3.08. The Hall–Kier alpha value is 0.0769. The van der Waals surface area contributed by atoms with E-state index in [1.54, 1.807) is 0 Å². The largest absolute Gasteiger partial charge is 0.320 e. The van der Waals surface area contributed by atoms with Crippen LogP contribution in [0, 0.1) is 0 Å². The van der Waals surface area contributed by atoms with Gasteiger partial charge in [-0.3, -0.25) is 4.39 Å². The minimum absolute atomic E-state index is 0.708. The van der Waals surface area contributed by atoms with Gasteiger partial charge >= 0.3 is 0 Å². The summed E-state index contributed by atoms with van der Waals surface area (Å²) < 4.78 is 20.9. The van der Waals surface area contributed by atoms with Crippen LogP contribution in [0.25, 0.3) is 0 Å². The molecule has 0 saturated heterocycles. The molecule has 0 aliphatic carbocycles. The Balaban J connectivity index is 1.97. The molecule has 4 heavy (non-hydrogen) atoms. The molecular formula is CH4F2Si. The molecule has 0 saturated carbocycles. The molecule has 0 spiro atoms. The van der Waals surface area contributed by atoms with Crippen LogP contribution in [0.15, 0.2) is 0 Å². The van der Waals surface area contributed by atoms with E-state index in [4.69, 9.17) is 0 Å². The van der Waals surface area contributed by atoms with Crippen LogP contribution < -0.4 is 0 Å². The molecule has 0 radical (unpaired) electrons. The molecule has 0 amide bonds. The van der Waals surface area contributed by atoms with E-state index in [9.17, 15) is 8.50 Å². The van der Waals surface area contributed by atoms with E-state index in [2.05, 4.69) is 0 Å². The first-order valence-electron chi connectivity index (χ1n) is 1.03. The standard InChI is InChI=1S/CH4F2Si/c2-1-4-3/h1,4H2. The molecule has 0 aliphatic rings. The van der Waals surface area contributed by atoms with Gasteiger partial charge < -0.3 is 4.11 Å². The van der Waals surface area contributed by atoms with Gasteiger partial charge in [-0.25, -0.2) is 0 Å². The SMILES string of the molecule is FC[SiH2]F. The van der Waals surface area contributed by atoms with Gasteiger partial charge in [0.25, 0.3) is 0 Å². The van der Waals surface area contributed by atoms with Crippen molar-refractivity contribution in [2.24, 2.45) is 0 Å². The molecule has 0 fully saturated rings. The van der Waals surface area contributed by atoms with Gasteiger partial charge in [0.05, 0.1) is 0 Å². The zero-order chi connectivity index (χ0) is 3.41. The molecule has 26 valence electrons. The average Bonchev–Trinajstić information content (AvgIpc) is 1.37. The molecule has 3 heteroatoms. The molecule has 0 aromatic heterocycles. The van der Waals surface area contributed by atoms with Crippen LogP contribution in [-0.4, -0.2) is 16.2 Å². The van der Waals surface area contributed by atoms with E-state index in [0.717, 1.165) is 0 Å². The maximum Gasteiger partial charge on any atom is 0.247 e. The first-order valence-corrected chi connectivity index (χ1v) is 2.57. The van der Waals surface area contributed by atoms with Crippen LogP contribution in [0.5, 0.6) is 0 Å². The van der Waals surface area contributed by atoms with Crippen molar-refractivity contribution >= 4 is 9.85 Å². The lowest BCUT2D eigenvalue weighted by atomic mass is 11.8. The highest BCUT2D eigenvalue weighted by Crippen LogP contribution is 1.58. The highest BCUT2D eigenvalue weighted by atomic mass is 28.3. The molecule has 0 N–H and O–H groups in total. The van der Waals surface area contributed by atoms with E-state index >= 15 is 0 Å². The van der Waals surface area contributed by atoms with E-state index in [1.807, 2.05) is 0 Å². The Kier molecular flexibility index (Phi) is 3.14. The molecule has 0 rings (SSSR count). The summed E-state index contributed by atoms with van der Waals surface area (Å²) in [6.45, 7) is 0. The lowest BCUT2D eigenvalue weighted by molar-refractivity contribution is 0.575. The van der Waals surface area contributed by atoms with Crippen molar-refractivity contribution in [2.45, 2.75) is 0 Å². The summed E-state index contributed by atoms with van der Waals surface area (Å²) in [5.41, 5.74) is 0. The molecule has 0 unspecified atom stereocenters. The monoisotopic (exact) mass is 82.0 g/mol.